The van der Waals surface area contributed by atoms with Crippen molar-refractivity contribution in [3.63, 3.8) is 0 Å². The zero-order valence-corrected chi connectivity index (χ0v) is 8.28. The van der Waals surface area contributed by atoms with E-state index >= 15 is 0 Å². The third kappa shape index (κ3) is 6.61. The van der Waals surface area contributed by atoms with Crippen LogP contribution in [0.2, 0.25) is 0 Å². The molecule has 0 bridgehead atoms. The molecular weight excluding hydrogens is 268 g/mol. The SMILES string of the molecule is CC(COC(F)C(F)(F)F)OC(F)C(F)(F)F. The van der Waals surface area contributed by atoms with Crippen molar-refractivity contribution in [3.05, 3.63) is 0 Å². The minimum absolute atomic E-state index is 0.807. The van der Waals surface area contributed by atoms with Gasteiger partial charge < -0.3 is 9.47 Å². The first kappa shape index (κ1) is 16.4. The Hall–Kier alpha value is -0.640. The summed E-state index contributed by atoms with van der Waals surface area (Å²) in [6, 6.07) is 0. The normalized spacial score (nSPS) is 18.9. The van der Waals surface area contributed by atoms with Crippen LogP contribution in [0.15, 0.2) is 0 Å². The fourth-order valence-corrected chi connectivity index (χ4v) is 0.635. The molecule has 0 aromatic heterocycles. The second-order valence-corrected chi connectivity index (χ2v) is 3.00. The Morgan fingerprint density at radius 3 is 1.65 bits per heavy atom. The van der Waals surface area contributed by atoms with E-state index in [1.54, 1.807) is 0 Å². The van der Waals surface area contributed by atoms with Crippen LogP contribution in [0.5, 0.6) is 0 Å². The van der Waals surface area contributed by atoms with Gasteiger partial charge >= 0.3 is 12.4 Å². The molecule has 2 nitrogen and oxygen atoms in total. The maximum Gasteiger partial charge on any atom is 0.445 e. The van der Waals surface area contributed by atoms with Gasteiger partial charge in [0.2, 0.25) is 0 Å². The molecule has 104 valence electrons. The molecule has 0 N–H and O–H groups in total. The van der Waals surface area contributed by atoms with E-state index in [2.05, 4.69) is 9.47 Å². The van der Waals surface area contributed by atoms with Crippen molar-refractivity contribution in [2.75, 3.05) is 6.61 Å². The first-order chi connectivity index (χ1) is 7.44. The largest absolute Gasteiger partial charge is 0.445 e. The first-order valence-corrected chi connectivity index (χ1v) is 4.13. The number of ether oxygens (including phenoxy) is 2. The molecule has 10 heteroatoms. The molecule has 0 fully saturated rings. The van der Waals surface area contributed by atoms with Crippen molar-refractivity contribution in [3.8, 4) is 0 Å². The van der Waals surface area contributed by atoms with Gasteiger partial charge in [-0.15, -0.1) is 0 Å². The molecule has 0 aromatic rings. The summed E-state index contributed by atoms with van der Waals surface area (Å²) in [4.78, 5) is 0. The standard InChI is InChI=1S/C7H8F8O2/c1-3(17-5(9)7(13,14)15)2-16-4(8)6(10,11)12/h3-5H,2H2,1H3. The van der Waals surface area contributed by atoms with Crippen LogP contribution in [0.1, 0.15) is 6.92 Å². The predicted octanol–water partition coefficient (Wildman–Crippen LogP) is 3.12. The summed E-state index contributed by atoms with van der Waals surface area (Å²) in [7, 11) is 0. The predicted molar refractivity (Wildman–Crippen MR) is 38.4 cm³/mol. The van der Waals surface area contributed by atoms with E-state index < -0.39 is 37.8 Å². The van der Waals surface area contributed by atoms with Crippen LogP contribution < -0.4 is 0 Å². The van der Waals surface area contributed by atoms with Gasteiger partial charge in [-0.1, -0.05) is 0 Å². The zero-order valence-electron chi connectivity index (χ0n) is 8.28. The molecular formula is C7H8F8O2. The van der Waals surface area contributed by atoms with Gasteiger partial charge in [0.05, 0.1) is 12.7 Å². The van der Waals surface area contributed by atoms with Gasteiger partial charge in [0.25, 0.3) is 12.7 Å². The molecule has 0 heterocycles. The average Bonchev–Trinajstić information content (AvgIpc) is 2.10. The van der Waals surface area contributed by atoms with Crippen LogP contribution in [0, 0.1) is 0 Å². The summed E-state index contributed by atoms with van der Waals surface area (Å²) >= 11 is 0. The van der Waals surface area contributed by atoms with E-state index in [9.17, 15) is 35.1 Å². The summed E-state index contributed by atoms with van der Waals surface area (Å²) in [6.07, 6.45) is -19.6. The topological polar surface area (TPSA) is 18.5 Å². The number of halogens is 8. The van der Waals surface area contributed by atoms with E-state index in [1.807, 2.05) is 0 Å². The van der Waals surface area contributed by atoms with Crippen molar-refractivity contribution >= 4 is 0 Å². The molecule has 0 saturated carbocycles. The van der Waals surface area contributed by atoms with Gasteiger partial charge in [0.15, 0.2) is 0 Å². The first-order valence-electron chi connectivity index (χ1n) is 4.13. The maximum absolute atomic E-state index is 12.2. The molecule has 0 aliphatic heterocycles. The molecule has 0 amide bonds. The minimum Gasteiger partial charge on any atom is -0.339 e. The van der Waals surface area contributed by atoms with Crippen molar-refractivity contribution in [2.45, 2.75) is 38.1 Å². The number of rotatable bonds is 5. The smallest absolute Gasteiger partial charge is 0.339 e. The van der Waals surface area contributed by atoms with Gasteiger partial charge in [0, 0.05) is 0 Å². The van der Waals surface area contributed by atoms with Gasteiger partial charge in [-0.3, -0.25) is 0 Å². The average molecular weight is 276 g/mol. The Kier molecular flexibility index (Phi) is 5.59. The summed E-state index contributed by atoms with van der Waals surface area (Å²) in [5.41, 5.74) is 0. The van der Waals surface area contributed by atoms with Crippen molar-refractivity contribution in [1.82, 2.24) is 0 Å². The van der Waals surface area contributed by atoms with E-state index in [1.165, 1.54) is 0 Å². The van der Waals surface area contributed by atoms with Crippen LogP contribution in [0.25, 0.3) is 0 Å². The highest BCUT2D eigenvalue weighted by Gasteiger charge is 2.44. The number of hydrogen-bond acceptors (Lipinski definition) is 2. The monoisotopic (exact) mass is 276 g/mol. The lowest BCUT2D eigenvalue weighted by Gasteiger charge is -2.20. The van der Waals surface area contributed by atoms with Crippen molar-refractivity contribution < 1.29 is 44.6 Å². The molecule has 3 unspecified atom stereocenters. The van der Waals surface area contributed by atoms with Gasteiger partial charge in [-0.25, -0.2) is 8.78 Å². The lowest BCUT2D eigenvalue weighted by molar-refractivity contribution is -0.295. The zero-order chi connectivity index (χ0) is 13.9. The molecule has 0 aliphatic rings. The van der Waals surface area contributed by atoms with E-state index in [0.717, 1.165) is 6.92 Å². The molecule has 0 saturated heterocycles. The number of hydrogen-bond donors (Lipinski definition) is 0. The van der Waals surface area contributed by atoms with Crippen LogP contribution in [0.4, 0.5) is 35.1 Å². The second-order valence-electron chi connectivity index (χ2n) is 3.00. The quantitative estimate of drug-likeness (QED) is 0.718. The molecule has 0 aliphatic carbocycles. The molecule has 0 radical (unpaired) electrons. The van der Waals surface area contributed by atoms with Crippen LogP contribution >= 0.6 is 0 Å². The Morgan fingerprint density at radius 1 is 0.882 bits per heavy atom. The van der Waals surface area contributed by atoms with Crippen molar-refractivity contribution in [1.29, 1.82) is 0 Å². The summed E-state index contributed by atoms with van der Waals surface area (Å²) < 4.78 is 101. The van der Waals surface area contributed by atoms with Crippen LogP contribution in [-0.2, 0) is 9.47 Å². The molecule has 0 aromatic carbocycles. The molecule has 3 atom stereocenters. The highest BCUT2D eigenvalue weighted by Crippen LogP contribution is 2.26. The third-order valence-electron chi connectivity index (χ3n) is 1.34. The second kappa shape index (κ2) is 5.80. The van der Waals surface area contributed by atoms with E-state index in [4.69, 9.17) is 0 Å². The highest BCUT2D eigenvalue weighted by molar-refractivity contribution is 4.60. The molecule has 0 rings (SSSR count). The Bertz CT molecular complexity index is 225. The highest BCUT2D eigenvalue weighted by atomic mass is 19.4. The summed E-state index contributed by atoms with van der Waals surface area (Å²) in [6.45, 7) is -0.363. The van der Waals surface area contributed by atoms with Gasteiger partial charge in [0.1, 0.15) is 0 Å². The van der Waals surface area contributed by atoms with Crippen molar-refractivity contribution in [2.24, 2.45) is 0 Å². The lowest BCUT2D eigenvalue weighted by atomic mass is 10.4. The molecule has 0 spiro atoms. The summed E-state index contributed by atoms with van der Waals surface area (Å²) in [5.74, 6) is 0. The fourth-order valence-electron chi connectivity index (χ4n) is 0.635. The van der Waals surface area contributed by atoms with Gasteiger partial charge in [-0.2, -0.15) is 26.3 Å². The van der Waals surface area contributed by atoms with Gasteiger partial charge in [-0.05, 0) is 6.92 Å². The lowest BCUT2D eigenvalue weighted by Crippen LogP contribution is -2.35. The minimum atomic E-state index is -5.30. The van der Waals surface area contributed by atoms with E-state index in [-0.39, 0.29) is 0 Å². The molecule has 17 heavy (non-hydrogen) atoms. The number of alkyl halides is 8. The summed E-state index contributed by atoms with van der Waals surface area (Å²) in [5, 5.41) is 0. The Balaban J connectivity index is 4.00. The fraction of sp³-hybridized carbons (Fsp3) is 1.00. The Morgan fingerprint density at radius 2 is 1.29 bits per heavy atom. The van der Waals surface area contributed by atoms with Crippen LogP contribution in [0.3, 0.4) is 0 Å². The van der Waals surface area contributed by atoms with Crippen LogP contribution in [-0.4, -0.2) is 37.8 Å². The maximum atomic E-state index is 12.2. The third-order valence-corrected chi connectivity index (χ3v) is 1.34. The van der Waals surface area contributed by atoms with E-state index in [0.29, 0.717) is 0 Å². The Labute approximate surface area is 90.5 Å².